The Morgan fingerprint density at radius 2 is 1.68 bits per heavy atom. The molecule has 4 aromatic rings. The molecule has 0 bridgehead atoms. The summed E-state index contributed by atoms with van der Waals surface area (Å²) in [4.78, 5) is 17.3. The maximum atomic E-state index is 12.7. The number of rotatable bonds is 7. The van der Waals surface area contributed by atoms with Gasteiger partial charge in [0.25, 0.3) is 15.9 Å². The first kappa shape index (κ1) is 23.5. The lowest BCUT2D eigenvalue weighted by molar-refractivity contribution is 0.102. The second-order valence-electron chi connectivity index (χ2n) is 7.67. The van der Waals surface area contributed by atoms with Gasteiger partial charge in [0.15, 0.2) is 5.13 Å². The Hall–Kier alpha value is -3.69. The van der Waals surface area contributed by atoms with E-state index in [-0.39, 0.29) is 10.8 Å². The highest BCUT2D eigenvalue weighted by molar-refractivity contribution is 7.92. The van der Waals surface area contributed by atoms with E-state index in [2.05, 4.69) is 21.1 Å². The van der Waals surface area contributed by atoms with Gasteiger partial charge < -0.3 is 4.74 Å². The molecule has 174 valence electrons. The van der Waals surface area contributed by atoms with Crippen LogP contribution >= 0.6 is 11.3 Å². The highest BCUT2D eigenvalue weighted by atomic mass is 32.2. The lowest BCUT2D eigenvalue weighted by Gasteiger charge is -2.09. The van der Waals surface area contributed by atoms with Gasteiger partial charge in [-0.3, -0.25) is 14.8 Å². The Morgan fingerprint density at radius 1 is 0.971 bits per heavy atom. The Bertz CT molecular complexity index is 1430. The van der Waals surface area contributed by atoms with Crippen LogP contribution in [0.4, 0.5) is 10.8 Å². The monoisotopic (exact) mass is 493 g/mol. The summed E-state index contributed by atoms with van der Waals surface area (Å²) >= 11 is 1.35. The molecule has 34 heavy (non-hydrogen) atoms. The van der Waals surface area contributed by atoms with Gasteiger partial charge in [0.1, 0.15) is 5.75 Å². The van der Waals surface area contributed by atoms with Gasteiger partial charge in [0.05, 0.1) is 17.7 Å². The molecule has 0 fully saturated rings. The molecule has 7 nitrogen and oxygen atoms in total. The van der Waals surface area contributed by atoms with E-state index in [1.54, 1.807) is 36.4 Å². The third kappa shape index (κ3) is 5.27. The Morgan fingerprint density at radius 3 is 2.32 bits per heavy atom. The summed E-state index contributed by atoms with van der Waals surface area (Å²) in [5, 5.41) is 5.20. The molecule has 9 heteroatoms. The first-order valence-corrected chi connectivity index (χ1v) is 12.7. The SMILES string of the molecule is COc1ccc(S(=O)(=O)Nc2ccc(C(=O)Nc3nc(-c4ccc(C)cc4C)cs3)cc2)cc1. The van der Waals surface area contributed by atoms with Crippen LogP contribution in [0.5, 0.6) is 5.75 Å². The van der Waals surface area contributed by atoms with Gasteiger partial charge in [-0.2, -0.15) is 0 Å². The highest BCUT2D eigenvalue weighted by Crippen LogP contribution is 2.28. The van der Waals surface area contributed by atoms with E-state index < -0.39 is 10.0 Å². The third-order valence-electron chi connectivity index (χ3n) is 5.15. The number of carbonyl (C=O) groups excluding carboxylic acids is 1. The smallest absolute Gasteiger partial charge is 0.261 e. The molecule has 0 saturated heterocycles. The van der Waals surface area contributed by atoms with Crippen molar-refractivity contribution in [2.75, 3.05) is 17.1 Å². The number of nitrogens with one attached hydrogen (secondary N) is 2. The molecule has 0 saturated carbocycles. The number of methoxy groups -OCH3 is 1. The minimum atomic E-state index is -3.76. The molecule has 1 aromatic heterocycles. The summed E-state index contributed by atoms with van der Waals surface area (Å²) in [6.07, 6.45) is 0. The van der Waals surface area contributed by atoms with Crippen molar-refractivity contribution in [3.8, 4) is 17.0 Å². The van der Waals surface area contributed by atoms with Crippen molar-refractivity contribution in [2.24, 2.45) is 0 Å². The van der Waals surface area contributed by atoms with Crippen LogP contribution in [-0.2, 0) is 10.0 Å². The number of anilines is 2. The zero-order valence-corrected chi connectivity index (χ0v) is 20.5. The topological polar surface area (TPSA) is 97.4 Å². The van der Waals surface area contributed by atoms with Crippen LogP contribution < -0.4 is 14.8 Å². The average molecular weight is 494 g/mol. The summed E-state index contributed by atoms with van der Waals surface area (Å²) in [5.41, 5.74) is 4.86. The van der Waals surface area contributed by atoms with Crippen LogP contribution in [-0.4, -0.2) is 26.4 Å². The largest absolute Gasteiger partial charge is 0.497 e. The fraction of sp³-hybridized carbons (Fsp3) is 0.120. The Balaban J connectivity index is 1.43. The summed E-state index contributed by atoms with van der Waals surface area (Å²) < 4.78 is 32.7. The maximum Gasteiger partial charge on any atom is 0.261 e. The van der Waals surface area contributed by atoms with Crippen molar-refractivity contribution >= 4 is 38.1 Å². The van der Waals surface area contributed by atoms with Crippen molar-refractivity contribution in [1.29, 1.82) is 0 Å². The molecule has 0 aliphatic rings. The van der Waals surface area contributed by atoms with Crippen molar-refractivity contribution in [1.82, 2.24) is 4.98 Å². The van der Waals surface area contributed by atoms with Gasteiger partial charge in [0, 0.05) is 22.2 Å². The summed E-state index contributed by atoms with van der Waals surface area (Å²) in [6.45, 7) is 4.07. The van der Waals surface area contributed by atoms with E-state index in [4.69, 9.17) is 4.74 Å². The normalized spacial score (nSPS) is 11.1. The molecular formula is C25H23N3O4S2. The molecule has 3 aromatic carbocycles. The van der Waals surface area contributed by atoms with Gasteiger partial charge in [-0.15, -0.1) is 11.3 Å². The van der Waals surface area contributed by atoms with Gasteiger partial charge >= 0.3 is 0 Å². The second-order valence-corrected chi connectivity index (χ2v) is 10.2. The number of aryl methyl sites for hydroxylation is 2. The predicted octanol–water partition coefficient (Wildman–Crippen LogP) is 5.49. The van der Waals surface area contributed by atoms with Crippen LogP contribution in [0.2, 0.25) is 0 Å². The number of hydrogen-bond donors (Lipinski definition) is 2. The predicted molar refractivity (Wildman–Crippen MR) is 135 cm³/mol. The first-order chi connectivity index (χ1) is 16.2. The van der Waals surface area contributed by atoms with Crippen LogP contribution in [0.3, 0.4) is 0 Å². The van der Waals surface area contributed by atoms with Gasteiger partial charge in [0.2, 0.25) is 0 Å². The zero-order chi connectivity index (χ0) is 24.3. The lowest BCUT2D eigenvalue weighted by Crippen LogP contribution is -2.14. The number of hydrogen-bond acceptors (Lipinski definition) is 6. The summed E-state index contributed by atoms with van der Waals surface area (Å²) in [5.74, 6) is 0.238. The van der Waals surface area contributed by atoms with Crippen LogP contribution in [0.25, 0.3) is 11.3 Å². The zero-order valence-electron chi connectivity index (χ0n) is 18.8. The van der Waals surface area contributed by atoms with Gasteiger partial charge in [-0.25, -0.2) is 13.4 Å². The number of nitrogens with zero attached hydrogens (tertiary/aromatic N) is 1. The third-order valence-corrected chi connectivity index (χ3v) is 7.31. The number of carbonyl (C=O) groups is 1. The van der Waals surface area contributed by atoms with Gasteiger partial charge in [-0.1, -0.05) is 23.8 Å². The van der Waals surface area contributed by atoms with Crippen molar-refractivity contribution < 1.29 is 17.9 Å². The maximum absolute atomic E-state index is 12.7. The molecule has 1 amide bonds. The fourth-order valence-corrected chi connectivity index (χ4v) is 5.15. The van der Waals surface area contributed by atoms with E-state index in [0.717, 1.165) is 16.8 Å². The molecule has 0 atom stereocenters. The lowest BCUT2D eigenvalue weighted by atomic mass is 10.0. The number of ether oxygens (including phenoxy) is 1. The quantitative estimate of drug-likeness (QED) is 0.355. The number of benzene rings is 3. The molecule has 0 spiro atoms. The summed E-state index contributed by atoms with van der Waals surface area (Å²) in [6, 6.07) is 18.4. The summed E-state index contributed by atoms with van der Waals surface area (Å²) in [7, 11) is -2.25. The van der Waals surface area contributed by atoms with Crippen LogP contribution in [0.1, 0.15) is 21.5 Å². The Labute approximate surface area is 202 Å². The fourth-order valence-electron chi connectivity index (χ4n) is 3.38. The molecule has 0 unspecified atom stereocenters. The van der Waals surface area contributed by atoms with Crippen LogP contribution in [0, 0.1) is 13.8 Å². The van der Waals surface area contributed by atoms with Crippen molar-refractivity contribution in [2.45, 2.75) is 18.7 Å². The number of thiazole rings is 1. The molecule has 0 aliphatic carbocycles. The molecular weight excluding hydrogens is 470 g/mol. The average Bonchev–Trinajstić information content (AvgIpc) is 3.27. The number of amides is 1. The molecule has 2 N–H and O–H groups in total. The first-order valence-electron chi connectivity index (χ1n) is 10.4. The van der Waals surface area contributed by atoms with Crippen molar-refractivity contribution in [3.63, 3.8) is 0 Å². The molecule has 4 rings (SSSR count). The Kier molecular flexibility index (Phi) is 6.67. The molecule has 1 heterocycles. The van der Waals surface area contributed by atoms with E-state index >= 15 is 0 Å². The van der Waals surface area contributed by atoms with E-state index in [9.17, 15) is 13.2 Å². The minimum absolute atomic E-state index is 0.110. The standard InChI is InChI=1S/C25H23N3O4S2/c1-16-4-13-22(17(2)14-16)23-15-33-25(26-23)27-24(29)18-5-7-19(8-6-18)28-34(30,31)21-11-9-20(32-3)10-12-21/h4-15,28H,1-3H3,(H,26,27,29). The molecule has 0 radical (unpaired) electrons. The number of sulfonamides is 1. The van der Waals surface area contributed by atoms with Crippen LogP contribution in [0.15, 0.2) is 77.0 Å². The van der Waals surface area contributed by atoms with E-state index in [1.807, 2.05) is 31.4 Å². The van der Waals surface area contributed by atoms with E-state index in [0.29, 0.717) is 22.1 Å². The van der Waals surface area contributed by atoms with Gasteiger partial charge in [-0.05, 0) is 67.9 Å². The highest BCUT2D eigenvalue weighted by Gasteiger charge is 2.15. The van der Waals surface area contributed by atoms with Crippen molar-refractivity contribution in [3.05, 3.63) is 88.8 Å². The number of aromatic nitrogens is 1. The second kappa shape index (κ2) is 9.66. The van der Waals surface area contributed by atoms with E-state index in [1.165, 1.54) is 36.1 Å². The molecule has 0 aliphatic heterocycles. The minimum Gasteiger partial charge on any atom is -0.497 e.